The zero-order valence-electron chi connectivity index (χ0n) is 17.4. The summed E-state index contributed by atoms with van der Waals surface area (Å²) in [5.74, 6) is 0.774. The lowest BCUT2D eigenvalue weighted by Crippen LogP contribution is -2.31. The summed E-state index contributed by atoms with van der Waals surface area (Å²) in [6, 6.07) is 17.5. The van der Waals surface area contributed by atoms with Crippen molar-refractivity contribution in [3.63, 3.8) is 0 Å². The van der Waals surface area contributed by atoms with Gasteiger partial charge in [0.05, 0.1) is 6.20 Å². The Morgan fingerprint density at radius 2 is 1.81 bits per heavy atom. The molecule has 0 atom stereocenters. The van der Waals surface area contributed by atoms with Crippen molar-refractivity contribution in [1.29, 1.82) is 0 Å². The van der Waals surface area contributed by atoms with Gasteiger partial charge >= 0.3 is 0 Å². The second-order valence-corrected chi connectivity index (χ2v) is 7.24. The summed E-state index contributed by atoms with van der Waals surface area (Å²) in [4.78, 5) is 23.2. The minimum atomic E-state index is -0.0748. The van der Waals surface area contributed by atoms with Crippen LogP contribution < -0.4 is 10.6 Å². The van der Waals surface area contributed by atoms with Crippen LogP contribution in [0.15, 0.2) is 73.2 Å². The number of nitrogens with zero attached hydrogens (tertiary/aromatic N) is 4. The van der Waals surface area contributed by atoms with Gasteiger partial charge in [0.15, 0.2) is 5.65 Å². The van der Waals surface area contributed by atoms with Crippen LogP contribution in [0.3, 0.4) is 0 Å². The number of fused-ring (bicyclic) bond motifs is 1. The van der Waals surface area contributed by atoms with Gasteiger partial charge in [-0.25, -0.2) is 4.98 Å². The number of aromatic nitrogens is 3. The molecule has 0 fully saturated rings. The highest BCUT2D eigenvalue weighted by atomic mass is 35.5. The van der Waals surface area contributed by atoms with Gasteiger partial charge < -0.3 is 15.5 Å². The van der Waals surface area contributed by atoms with Crippen LogP contribution in [0.1, 0.15) is 10.4 Å². The number of carbonyl (C=O) groups is 1. The number of hydrogen-bond donors (Lipinski definition) is 2. The molecule has 31 heavy (non-hydrogen) atoms. The standard InChI is InChI=1S/C23H24N6O.ClH/c1-28(2)14-13-25-23(30)18-8-10-19(11-9-18)26-22-21(17-6-4-3-5-7-17)27-20-16-24-12-15-29(20)22;/h3-12,15-16,26H,13-14H2,1-2H3,(H,25,30);1H. The number of nitrogens with one attached hydrogen (secondary N) is 2. The molecule has 7 nitrogen and oxygen atoms in total. The quantitative estimate of drug-likeness (QED) is 0.460. The van der Waals surface area contributed by atoms with Crippen LogP contribution in [0.5, 0.6) is 0 Å². The lowest BCUT2D eigenvalue weighted by Gasteiger charge is -2.11. The van der Waals surface area contributed by atoms with E-state index >= 15 is 0 Å². The number of halogens is 1. The Hall–Kier alpha value is -3.42. The highest BCUT2D eigenvalue weighted by Crippen LogP contribution is 2.30. The fourth-order valence-corrected chi connectivity index (χ4v) is 3.16. The monoisotopic (exact) mass is 436 g/mol. The van der Waals surface area contributed by atoms with E-state index in [0.29, 0.717) is 12.1 Å². The van der Waals surface area contributed by atoms with Crippen LogP contribution in [0.4, 0.5) is 11.5 Å². The maximum Gasteiger partial charge on any atom is 0.251 e. The molecule has 1 amide bonds. The van der Waals surface area contributed by atoms with E-state index in [-0.39, 0.29) is 18.3 Å². The van der Waals surface area contributed by atoms with Crippen molar-refractivity contribution < 1.29 is 4.79 Å². The molecule has 2 aromatic heterocycles. The lowest BCUT2D eigenvalue weighted by atomic mass is 10.1. The van der Waals surface area contributed by atoms with Gasteiger partial charge in [-0.3, -0.25) is 14.2 Å². The minimum Gasteiger partial charge on any atom is -0.351 e. The SMILES string of the molecule is CN(C)CCNC(=O)c1ccc(Nc2c(-c3ccccc3)nc3cnccn23)cc1.Cl. The van der Waals surface area contributed by atoms with Gasteiger partial charge in [0, 0.05) is 42.3 Å². The molecule has 0 saturated carbocycles. The first kappa shape index (κ1) is 22.3. The molecule has 0 spiro atoms. The molecule has 0 unspecified atom stereocenters. The molecule has 160 valence electrons. The normalized spacial score (nSPS) is 10.7. The van der Waals surface area contributed by atoms with Crippen LogP contribution in [-0.2, 0) is 0 Å². The molecule has 0 bridgehead atoms. The van der Waals surface area contributed by atoms with E-state index in [0.717, 1.165) is 35.0 Å². The largest absolute Gasteiger partial charge is 0.351 e. The summed E-state index contributed by atoms with van der Waals surface area (Å²) < 4.78 is 1.97. The van der Waals surface area contributed by atoms with E-state index in [2.05, 4.69) is 15.6 Å². The van der Waals surface area contributed by atoms with Gasteiger partial charge in [-0.15, -0.1) is 12.4 Å². The molecule has 4 aromatic rings. The lowest BCUT2D eigenvalue weighted by molar-refractivity contribution is 0.0951. The summed E-state index contributed by atoms with van der Waals surface area (Å²) >= 11 is 0. The van der Waals surface area contributed by atoms with Crippen molar-refractivity contribution >= 4 is 35.5 Å². The Morgan fingerprint density at radius 1 is 1.06 bits per heavy atom. The van der Waals surface area contributed by atoms with E-state index in [9.17, 15) is 4.79 Å². The summed E-state index contributed by atoms with van der Waals surface area (Å²) in [7, 11) is 3.96. The van der Waals surface area contributed by atoms with Crippen molar-refractivity contribution in [2.24, 2.45) is 0 Å². The smallest absolute Gasteiger partial charge is 0.251 e. The third-order valence-corrected chi connectivity index (χ3v) is 4.73. The number of rotatable bonds is 7. The molecule has 8 heteroatoms. The van der Waals surface area contributed by atoms with Crippen LogP contribution in [0.25, 0.3) is 16.9 Å². The van der Waals surface area contributed by atoms with E-state index < -0.39 is 0 Å². The first-order valence-corrected chi connectivity index (χ1v) is 9.79. The summed E-state index contributed by atoms with van der Waals surface area (Å²) in [5.41, 5.74) is 4.12. The number of carbonyl (C=O) groups excluding carboxylic acids is 1. The van der Waals surface area contributed by atoms with Gasteiger partial charge in [0.2, 0.25) is 0 Å². The van der Waals surface area contributed by atoms with Crippen LogP contribution >= 0.6 is 12.4 Å². The van der Waals surface area contributed by atoms with Crippen molar-refractivity contribution in [3.05, 3.63) is 78.8 Å². The Morgan fingerprint density at radius 3 is 2.52 bits per heavy atom. The maximum atomic E-state index is 12.3. The first-order valence-electron chi connectivity index (χ1n) is 9.79. The summed E-state index contributed by atoms with van der Waals surface area (Å²) in [5, 5.41) is 6.38. The van der Waals surface area contributed by atoms with Crippen LogP contribution in [0, 0.1) is 0 Å². The molecular formula is C23H25ClN6O. The van der Waals surface area contributed by atoms with Gasteiger partial charge in [-0.05, 0) is 38.4 Å². The van der Waals surface area contributed by atoms with Gasteiger partial charge in [0.1, 0.15) is 11.5 Å². The van der Waals surface area contributed by atoms with E-state index in [1.165, 1.54) is 0 Å². The maximum absolute atomic E-state index is 12.3. The van der Waals surface area contributed by atoms with Crippen molar-refractivity contribution in [2.45, 2.75) is 0 Å². The van der Waals surface area contributed by atoms with Gasteiger partial charge in [0.25, 0.3) is 5.91 Å². The average molecular weight is 437 g/mol. The predicted octanol–water partition coefficient (Wildman–Crippen LogP) is 3.85. The van der Waals surface area contributed by atoms with Crippen LogP contribution in [0.2, 0.25) is 0 Å². The molecule has 2 heterocycles. The summed E-state index contributed by atoms with van der Waals surface area (Å²) in [6.45, 7) is 1.42. The molecule has 0 aliphatic carbocycles. The van der Waals surface area contributed by atoms with Crippen molar-refractivity contribution in [2.75, 3.05) is 32.5 Å². The number of imidazole rings is 1. The molecule has 0 saturated heterocycles. The highest BCUT2D eigenvalue weighted by molar-refractivity contribution is 5.94. The topological polar surface area (TPSA) is 74.6 Å². The number of likely N-dealkylation sites (N-methyl/N-ethyl adjacent to an activating group) is 1. The fraction of sp³-hybridized carbons (Fsp3) is 0.174. The zero-order chi connectivity index (χ0) is 20.9. The van der Waals surface area contributed by atoms with Crippen LogP contribution in [-0.4, -0.2) is 52.4 Å². The molecule has 2 aromatic carbocycles. The number of benzene rings is 2. The van der Waals surface area contributed by atoms with Gasteiger partial charge in [-0.2, -0.15) is 0 Å². The third kappa shape index (κ3) is 5.20. The Labute approximate surface area is 187 Å². The number of amides is 1. The fourth-order valence-electron chi connectivity index (χ4n) is 3.16. The minimum absolute atomic E-state index is 0. The first-order chi connectivity index (χ1) is 14.6. The molecule has 0 radical (unpaired) electrons. The Kier molecular flexibility index (Phi) is 7.23. The molecule has 0 aliphatic rings. The average Bonchev–Trinajstić information content (AvgIpc) is 3.13. The second kappa shape index (κ2) is 10.1. The second-order valence-electron chi connectivity index (χ2n) is 7.24. The Balaban J connectivity index is 0.00000272. The van der Waals surface area contributed by atoms with Crippen molar-refractivity contribution in [1.82, 2.24) is 24.6 Å². The molecule has 0 aliphatic heterocycles. The Bertz CT molecular complexity index is 1140. The predicted molar refractivity (Wildman–Crippen MR) is 126 cm³/mol. The highest BCUT2D eigenvalue weighted by Gasteiger charge is 2.14. The van der Waals surface area contributed by atoms with Crippen molar-refractivity contribution in [3.8, 4) is 11.3 Å². The number of anilines is 2. The molecule has 4 rings (SSSR count). The molecule has 2 N–H and O–H groups in total. The van der Waals surface area contributed by atoms with Gasteiger partial charge in [-0.1, -0.05) is 30.3 Å². The zero-order valence-corrected chi connectivity index (χ0v) is 18.3. The van der Waals surface area contributed by atoms with E-state index in [1.54, 1.807) is 12.4 Å². The molecular weight excluding hydrogens is 412 g/mol. The number of hydrogen-bond acceptors (Lipinski definition) is 5. The van der Waals surface area contributed by atoms with E-state index in [4.69, 9.17) is 4.98 Å². The van der Waals surface area contributed by atoms with E-state index in [1.807, 2.05) is 84.2 Å². The summed E-state index contributed by atoms with van der Waals surface area (Å²) in [6.07, 6.45) is 5.35. The third-order valence-electron chi connectivity index (χ3n) is 4.73.